The second kappa shape index (κ2) is 6.96. The first-order valence-electron chi connectivity index (χ1n) is 7.88. The van der Waals surface area contributed by atoms with E-state index in [0.717, 1.165) is 29.1 Å². The van der Waals surface area contributed by atoms with E-state index in [0.29, 0.717) is 18.3 Å². The monoisotopic (exact) mass is 314 g/mol. The lowest BCUT2D eigenvalue weighted by molar-refractivity contribution is 0.205. The zero-order valence-electron chi connectivity index (χ0n) is 14.3. The van der Waals surface area contributed by atoms with Crippen molar-refractivity contribution in [3.8, 4) is 17.0 Å². The Balaban J connectivity index is 2.11. The van der Waals surface area contributed by atoms with Crippen molar-refractivity contribution in [2.24, 2.45) is 11.7 Å². The molecule has 0 aliphatic carbocycles. The highest BCUT2D eigenvalue weighted by molar-refractivity contribution is 5.62. The summed E-state index contributed by atoms with van der Waals surface area (Å²) in [6, 6.07) is 7.55. The van der Waals surface area contributed by atoms with Crippen molar-refractivity contribution in [2.75, 3.05) is 12.3 Å². The van der Waals surface area contributed by atoms with Gasteiger partial charge in [0.1, 0.15) is 18.2 Å². The number of hydrogen-bond donors (Lipinski definition) is 2. The standard InChI is InChI=1S/C18H26N4O/c1-12(2)10-18(4,20)11-23-16-6-5-15(22-13(16)3)14-7-8-21-17(19)9-14/h5-9,12H,10-11,20H2,1-4H3,(H2,19,21)/t18-/m0/s1. The summed E-state index contributed by atoms with van der Waals surface area (Å²) in [6.45, 7) is 8.74. The molecule has 0 radical (unpaired) electrons. The number of nitrogen functional groups attached to an aromatic ring is 1. The van der Waals surface area contributed by atoms with Crippen molar-refractivity contribution < 1.29 is 4.74 Å². The van der Waals surface area contributed by atoms with Crippen molar-refractivity contribution in [1.29, 1.82) is 0 Å². The molecule has 0 unspecified atom stereocenters. The fourth-order valence-corrected chi connectivity index (χ4v) is 2.70. The molecule has 0 bridgehead atoms. The predicted molar refractivity (Wildman–Crippen MR) is 94.2 cm³/mol. The Kier molecular flexibility index (Phi) is 5.21. The number of hydrogen-bond acceptors (Lipinski definition) is 5. The van der Waals surface area contributed by atoms with Crippen LogP contribution in [0.1, 0.15) is 32.9 Å². The number of nitrogens with two attached hydrogens (primary N) is 2. The highest BCUT2D eigenvalue weighted by Gasteiger charge is 2.21. The number of anilines is 1. The molecule has 4 N–H and O–H groups in total. The van der Waals surface area contributed by atoms with E-state index in [1.165, 1.54) is 0 Å². The Labute approximate surface area is 138 Å². The van der Waals surface area contributed by atoms with E-state index in [-0.39, 0.29) is 5.54 Å². The molecule has 0 spiro atoms. The van der Waals surface area contributed by atoms with Crippen LogP contribution in [0.5, 0.6) is 5.75 Å². The van der Waals surface area contributed by atoms with Crippen LogP contribution in [0.2, 0.25) is 0 Å². The first-order valence-corrected chi connectivity index (χ1v) is 7.88. The van der Waals surface area contributed by atoms with Crippen LogP contribution in [0.15, 0.2) is 30.5 Å². The van der Waals surface area contributed by atoms with Gasteiger partial charge in [0.25, 0.3) is 0 Å². The van der Waals surface area contributed by atoms with Crippen molar-refractivity contribution in [3.05, 3.63) is 36.2 Å². The van der Waals surface area contributed by atoms with Crippen LogP contribution in [-0.4, -0.2) is 22.1 Å². The van der Waals surface area contributed by atoms with Gasteiger partial charge in [-0.25, -0.2) is 9.97 Å². The molecule has 0 aromatic carbocycles. The molecule has 5 heteroatoms. The number of aromatic nitrogens is 2. The molecule has 5 nitrogen and oxygen atoms in total. The van der Waals surface area contributed by atoms with Gasteiger partial charge in [0.15, 0.2) is 0 Å². The number of nitrogens with zero attached hydrogens (tertiary/aromatic N) is 2. The summed E-state index contributed by atoms with van der Waals surface area (Å²) in [5.74, 6) is 1.78. The average Bonchev–Trinajstić information content (AvgIpc) is 2.44. The average molecular weight is 314 g/mol. The third kappa shape index (κ3) is 4.93. The Morgan fingerprint density at radius 2 is 2.00 bits per heavy atom. The fraction of sp³-hybridized carbons (Fsp3) is 0.444. The summed E-state index contributed by atoms with van der Waals surface area (Å²) in [7, 11) is 0. The van der Waals surface area contributed by atoms with Crippen LogP contribution in [0.4, 0.5) is 5.82 Å². The van der Waals surface area contributed by atoms with Gasteiger partial charge < -0.3 is 16.2 Å². The number of aryl methyl sites for hydroxylation is 1. The van der Waals surface area contributed by atoms with Crippen molar-refractivity contribution in [2.45, 2.75) is 39.7 Å². The summed E-state index contributed by atoms with van der Waals surface area (Å²) < 4.78 is 5.89. The summed E-state index contributed by atoms with van der Waals surface area (Å²) >= 11 is 0. The van der Waals surface area contributed by atoms with Gasteiger partial charge in [0, 0.05) is 17.3 Å². The molecule has 124 valence electrons. The maximum absolute atomic E-state index is 6.29. The van der Waals surface area contributed by atoms with Gasteiger partial charge in [-0.1, -0.05) is 13.8 Å². The maximum atomic E-state index is 6.29. The molecule has 0 fully saturated rings. The Morgan fingerprint density at radius 3 is 2.61 bits per heavy atom. The second-order valence-corrected chi connectivity index (χ2v) is 6.79. The van der Waals surface area contributed by atoms with Crippen molar-refractivity contribution in [1.82, 2.24) is 9.97 Å². The zero-order chi connectivity index (χ0) is 17.0. The van der Waals surface area contributed by atoms with Gasteiger partial charge in [-0.05, 0) is 50.5 Å². The smallest absolute Gasteiger partial charge is 0.140 e. The predicted octanol–water partition coefficient (Wildman–Crippen LogP) is 3.18. The van der Waals surface area contributed by atoms with E-state index >= 15 is 0 Å². The number of ether oxygens (including phenoxy) is 1. The van der Waals surface area contributed by atoms with Gasteiger partial charge in [-0.3, -0.25) is 0 Å². The van der Waals surface area contributed by atoms with Crippen LogP contribution >= 0.6 is 0 Å². The molecule has 0 aliphatic heterocycles. The third-order valence-electron chi connectivity index (χ3n) is 3.55. The molecular formula is C18H26N4O. The van der Waals surface area contributed by atoms with Crippen LogP contribution in [0, 0.1) is 12.8 Å². The molecule has 2 heterocycles. The molecule has 2 aromatic rings. The van der Waals surface area contributed by atoms with Gasteiger partial charge in [0.05, 0.1) is 11.4 Å². The number of rotatable bonds is 6. The first-order chi connectivity index (χ1) is 10.8. The Morgan fingerprint density at radius 1 is 1.26 bits per heavy atom. The van der Waals surface area contributed by atoms with Gasteiger partial charge in [-0.15, -0.1) is 0 Å². The maximum Gasteiger partial charge on any atom is 0.140 e. The Bertz CT molecular complexity index is 668. The molecule has 0 saturated carbocycles. The van der Waals surface area contributed by atoms with E-state index in [2.05, 4.69) is 23.8 Å². The zero-order valence-corrected chi connectivity index (χ0v) is 14.3. The van der Waals surface area contributed by atoms with Crippen LogP contribution < -0.4 is 16.2 Å². The molecule has 2 aromatic heterocycles. The SMILES string of the molecule is Cc1nc(-c2ccnc(N)c2)ccc1OC[C@@](C)(N)CC(C)C. The lowest BCUT2D eigenvalue weighted by Gasteiger charge is -2.27. The quantitative estimate of drug-likeness (QED) is 0.855. The van der Waals surface area contributed by atoms with E-state index in [9.17, 15) is 0 Å². The first kappa shape index (κ1) is 17.2. The summed E-state index contributed by atoms with van der Waals surface area (Å²) in [5.41, 5.74) is 14.3. The van der Waals surface area contributed by atoms with Gasteiger partial charge in [-0.2, -0.15) is 0 Å². The highest BCUT2D eigenvalue weighted by Crippen LogP contribution is 2.24. The highest BCUT2D eigenvalue weighted by atomic mass is 16.5. The summed E-state index contributed by atoms with van der Waals surface area (Å²) in [4.78, 5) is 8.59. The third-order valence-corrected chi connectivity index (χ3v) is 3.55. The van der Waals surface area contributed by atoms with Crippen LogP contribution in [0.25, 0.3) is 11.3 Å². The van der Waals surface area contributed by atoms with Crippen molar-refractivity contribution in [3.63, 3.8) is 0 Å². The summed E-state index contributed by atoms with van der Waals surface area (Å²) in [6.07, 6.45) is 2.59. The molecule has 23 heavy (non-hydrogen) atoms. The normalized spacial score (nSPS) is 13.8. The second-order valence-electron chi connectivity index (χ2n) is 6.79. The van der Waals surface area contributed by atoms with Crippen LogP contribution in [0.3, 0.4) is 0 Å². The largest absolute Gasteiger partial charge is 0.490 e. The molecular weight excluding hydrogens is 288 g/mol. The molecule has 0 saturated heterocycles. The minimum Gasteiger partial charge on any atom is -0.490 e. The lowest BCUT2D eigenvalue weighted by atomic mass is 9.93. The van der Waals surface area contributed by atoms with Crippen LogP contribution in [-0.2, 0) is 0 Å². The van der Waals surface area contributed by atoms with Gasteiger partial charge in [0.2, 0.25) is 0 Å². The topological polar surface area (TPSA) is 87.0 Å². The minimum atomic E-state index is -0.348. The molecule has 0 aliphatic rings. The van der Waals surface area contributed by atoms with E-state index in [4.69, 9.17) is 16.2 Å². The van der Waals surface area contributed by atoms with E-state index in [1.54, 1.807) is 6.20 Å². The fourth-order valence-electron chi connectivity index (χ4n) is 2.70. The summed E-state index contributed by atoms with van der Waals surface area (Å²) in [5, 5.41) is 0. The van der Waals surface area contributed by atoms with E-state index < -0.39 is 0 Å². The molecule has 1 atom stereocenters. The number of pyridine rings is 2. The van der Waals surface area contributed by atoms with Gasteiger partial charge >= 0.3 is 0 Å². The van der Waals surface area contributed by atoms with E-state index in [1.807, 2.05) is 38.1 Å². The Hall–Kier alpha value is -2.14. The molecule has 0 amide bonds. The van der Waals surface area contributed by atoms with Crippen molar-refractivity contribution >= 4 is 5.82 Å². The lowest BCUT2D eigenvalue weighted by Crippen LogP contribution is -2.43. The minimum absolute atomic E-state index is 0.348. The molecule has 2 rings (SSSR count).